The van der Waals surface area contributed by atoms with Crippen molar-refractivity contribution in [3.05, 3.63) is 59.7 Å². The van der Waals surface area contributed by atoms with Crippen molar-refractivity contribution in [2.45, 2.75) is 19.9 Å². The molecule has 0 saturated carbocycles. The summed E-state index contributed by atoms with van der Waals surface area (Å²) in [6.45, 7) is 5.90. The molecule has 1 heterocycles. The van der Waals surface area contributed by atoms with E-state index in [1.165, 1.54) is 23.2 Å². The predicted octanol–water partition coefficient (Wildman–Crippen LogP) is 3.20. The van der Waals surface area contributed by atoms with Crippen molar-refractivity contribution in [1.29, 1.82) is 0 Å². The number of methoxy groups -OCH3 is 1. The highest BCUT2D eigenvalue weighted by Crippen LogP contribution is 2.31. The van der Waals surface area contributed by atoms with Crippen molar-refractivity contribution in [3.8, 4) is 5.75 Å². The molecule has 1 aliphatic heterocycles. The number of aryl methyl sites for hydroxylation is 1. The lowest BCUT2D eigenvalue weighted by Gasteiger charge is -2.21. The van der Waals surface area contributed by atoms with E-state index in [9.17, 15) is 0 Å². The molecule has 0 aromatic heterocycles. The SMILES string of the molecule is CN=C(NCc1cccc(C)c1)NCC1CCN(c2ccccc2OC)C1. The number of nitrogens with zero attached hydrogens (tertiary/aromatic N) is 2. The van der Waals surface area contributed by atoms with Gasteiger partial charge in [0.1, 0.15) is 5.75 Å². The van der Waals surface area contributed by atoms with Crippen LogP contribution in [0.4, 0.5) is 5.69 Å². The van der Waals surface area contributed by atoms with E-state index >= 15 is 0 Å². The number of ether oxygens (including phenoxy) is 1. The normalized spacial score (nSPS) is 17.1. The lowest BCUT2D eigenvalue weighted by Crippen LogP contribution is -2.40. The van der Waals surface area contributed by atoms with E-state index in [0.717, 1.165) is 37.9 Å². The van der Waals surface area contributed by atoms with Crippen LogP contribution >= 0.6 is 0 Å². The quantitative estimate of drug-likeness (QED) is 0.609. The number of anilines is 1. The van der Waals surface area contributed by atoms with Crippen molar-refractivity contribution in [3.63, 3.8) is 0 Å². The summed E-state index contributed by atoms with van der Waals surface area (Å²) in [5, 5.41) is 6.88. The third-order valence-electron chi connectivity index (χ3n) is 5.04. The minimum atomic E-state index is 0.590. The van der Waals surface area contributed by atoms with Crippen LogP contribution in [0.25, 0.3) is 0 Å². The first-order chi connectivity index (χ1) is 13.2. The predicted molar refractivity (Wildman–Crippen MR) is 113 cm³/mol. The molecule has 0 radical (unpaired) electrons. The Hall–Kier alpha value is -2.69. The Morgan fingerprint density at radius 1 is 1.19 bits per heavy atom. The number of rotatable bonds is 6. The van der Waals surface area contributed by atoms with Gasteiger partial charge in [0.2, 0.25) is 0 Å². The van der Waals surface area contributed by atoms with Crippen molar-refractivity contribution in [1.82, 2.24) is 10.6 Å². The maximum absolute atomic E-state index is 5.50. The van der Waals surface area contributed by atoms with Crippen LogP contribution in [0, 0.1) is 12.8 Å². The van der Waals surface area contributed by atoms with Crippen LogP contribution in [0.15, 0.2) is 53.5 Å². The van der Waals surface area contributed by atoms with E-state index in [2.05, 4.69) is 63.8 Å². The Labute approximate surface area is 162 Å². The third-order valence-corrected chi connectivity index (χ3v) is 5.04. The summed E-state index contributed by atoms with van der Waals surface area (Å²) in [5.74, 6) is 2.39. The molecule has 1 unspecified atom stereocenters. The zero-order valence-electron chi connectivity index (χ0n) is 16.5. The van der Waals surface area contributed by atoms with Gasteiger partial charge >= 0.3 is 0 Å². The van der Waals surface area contributed by atoms with Crippen LogP contribution in [-0.4, -0.2) is 39.8 Å². The zero-order chi connectivity index (χ0) is 19.1. The average molecular weight is 367 g/mol. The lowest BCUT2D eigenvalue weighted by molar-refractivity contribution is 0.414. The molecule has 3 rings (SSSR count). The van der Waals surface area contributed by atoms with E-state index in [-0.39, 0.29) is 0 Å². The first kappa shape index (κ1) is 19.1. The summed E-state index contributed by atoms with van der Waals surface area (Å²) in [5.41, 5.74) is 3.73. The van der Waals surface area contributed by atoms with Crippen molar-refractivity contribution in [2.24, 2.45) is 10.9 Å². The highest BCUT2D eigenvalue weighted by molar-refractivity contribution is 5.79. The van der Waals surface area contributed by atoms with E-state index in [1.54, 1.807) is 7.11 Å². The summed E-state index contributed by atoms with van der Waals surface area (Å²) in [6, 6.07) is 16.8. The minimum absolute atomic E-state index is 0.590. The molecule has 144 valence electrons. The van der Waals surface area contributed by atoms with Gasteiger partial charge in [-0.2, -0.15) is 0 Å². The van der Waals surface area contributed by atoms with Gasteiger partial charge in [-0.1, -0.05) is 42.0 Å². The van der Waals surface area contributed by atoms with Gasteiger partial charge in [-0.25, -0.2) is 0 Å². The number of hydrogen-bond donors (Lipinski definition) is 2. The van der Waals surface area contributed by atoms with Crippen LogP contribution in [-0.2, 0) is 6.54 Å². The molecule has 1 saturated heterocycles. The van der Waals surface area contributed by atoms with Crippen LogP contribution in [0.5, 0.6) is 5.75 Å². The third kappa shape index (κ3) is 5.16. The van der Waals surface area contributed by atoms with Gasteiger partial charge in [0.25, 0.3) is 0 Å². The number of aliphatic imine (C=N–C) groups is 1. The maximum Gasteiger partial charge on any atom is 0.191 e. The van der Waals surface area contributed by atoms with Crippen LogP contribution in [0.1, 0.15) is 17.5 Å². The summed E-state index contributed by atoms with van der Waals surface area (Å²) in [6.07, 6.45) is 1.17. The molecule has 1 atom stereocenters. The summed E-state index contributed by atoms with van der Waals surface area (Å²) in [4.78, 5) is 6.76. The molecule has 0 amide bonds. The molecule has 5 heteroatoms. The summed E-state index contributed by atoms with van der Waals surface area (Å²) >= 11 is 0. The van der Waals surface area contributed by atoms with E-state index in [1.807, 2.05) is 19.2 Å². The second kappa shape index (κ2) is 9.31. The molecule has 1 fully saturated rings. The Balaban J connectivity index is 1.48. The van der Waals surface area contributed by atoms with E-state index in [4.69, 9.17) is 4.74 Å². The zero-order valence-corrected chi connectivity index (χ0v) is 16.5. The lowest BCUT2D eigenvalue weighted by atomic mass is 10.1. The smallest absolute Gasteiger partial charge is 0.191 e. The number of guanidine groups is 1. The molecular formula is C22H30N4O. The number of benzene rings is 2. The molecule has 0 bridgehead atoms. The number of hydrogen-bond acceptors (Lipinski definition) is 3. The van der Waals surface area contributed by atoms with Crippen LogP contribution < -0.4 is 20.3 Å². The molecule has 1 aliphatic rings. The topological polar surface area (TPSA) is 48.9 Å². The van der Waals surface area contributed by atoms with E-state index < -0.39 is 0 Å². The molecule has 2 aromatic carbocycles. The second-order valence-corrected chi connectivity index (χ2v) is 7.07. The van der Waals surface area contributed by atoms with Gasteiger partial charge in [0, 0.05) is 33.2 Å². The maximum atomic E-state index is 5.50. The van der Waals surface area contributed by atoms with Crippen molar-refractivity contribution < 1.29 is 4.74 Å². The van der Waals surface area contributed by atoms with Crippen LogP contribution in [0.3, 0.4) is 0 Å². The monoisotopic (exact) mass is 366 g/mol. The molecule has 0 spiro atoms. The first-order valence-electron chi connectivity index (χ1n) is 9.57. The summed E-state index contributed by atoms with van der Waals surface area (Å²) < 4.78 is 5.50. The van der Waals surface area contributed by atoms with Gasteiger partial charge in [0.15, 0.2) is 5.96 Å². The Kier molecular flexibility index (Phi) is 6.58. The van der Waals surface area contributed by atoms with Crippen molar-refractivity contribution >= 4 is 11.6 Å². The average Bonchev–Trinajstić information content (AvgIpc) is 3.17. The van der Waals surface area contributed by atoms with Gasteiger partial charge in [-0.3, -0.25) is 4.99 Å². The minimum Gasteiger partial charge on any atom is -0.495 e. The molecule has 5 nitrogen and oxygen atoms in total. The number of para-hydroxylation sites is 2. The molecule has 2 aromatic rings. The highest BCUT2D eigenvalue weighted by atomic mass is 16.5. The van der Waals surface area contributed by atoms with Gasteiger partial charge < -0.3 is 20.3 Å². The van der Waals surface area contributed by atoms with Crippen molar-refractivity contribution in [2.75, 3.05) is 38.7 Å². The molecule has 2 N–H and O–H groups in total. The summed E-state index contributed by atoms with van der Waals surface area (Å²) in [7, 11) is 3.55. The fourth-order valence-electron chi connectivity index (χ4n) is 3.58. The standard InChI is InChI=1S/C22H30N4O/c1-17-7-6-8-18(13-17)14-24-22(23-2)25-15-19-11-12-26(16-19)20-9-4-5-10-21(20)27-3/h4-10,13,19H,11-12,14-16H2,1-3H3,(H2,23,24,25). The fraction of sp³-hybridized carbons (Fsp3) is 0.409. The molecular weight excluding hydrogens is 336 g/mol. The van der Waals surface area contributed by atoms with Gasteiger partial charge in [-0.15, -0.1) is 0 Å². The highest BCUT2D eigenvalue weighted by Gasteiger charge is 2.24. The van der Waals surface area contributed by atoms with E-state index in [0.29, 0.717) is 5.92 Å². The first-order valence-corrected chi connectivity index (χ1v) is 9.57. The van der Waals surface area contributed by atoms with Gasteiger partial charge in [0.05, 0.1) is 12.8 Å². The molecule has 27 heavy (non-hydrogen) atoms. The second-order valence-electron chi connectivity index (χ2n) is 7.07. The Morgan fingerprint density at radius 2 is 2.04 bits per heavy atom. The largest absolute Gasteiger partial charge is 0.495 e. The molecule has 0 aliphatic carbocycles. The Morgan fingerprint density at radius 3 is 2.81 bits per heavy atom. The van der Waals surface area contributed by atoms with Crippen LogP contribution in [0.2, 0.25) is 0 Å². The van der Waals surface area contributed by atoms with Gasteiger partial charge in [-0.05, 0) is 37.0 Å². The number of nitrogens with one attached hydrogen (secondary N) is 2. The Bertz CT molecular complexity index is 774. The fourth-order valence-corrected chi connectivity index (χ4v) is 3.58.